The molecule has 0 aliphatic heterocycles. The summed E-state index contributed by atoms with van der Waals surface area (Å²) < 4.78 is 0. The van der Waals surface area contributed by atoms with E-state index in [1.807, 2.05) is 30.3 Å². The molecule has 0 spiro atoms. The molecule has 0 saturated heterocycles. The van der Waals surface area contributed by atoms with Gasteiger partial charge in [0.05, 0.1) is 0 Å². The van der Waals surface area contributed by atoms with Gasteiger partial charge in [0.1, 0.15) is 0 Å². The fourth-order valence-corrected chi connectivity index (χ4v) is 6.41. The quantitative estimate of drug-likeness (QED) is 0.163. The van der Waals surface area contributed by atoms with Crippen molar-refractivity contribution in [3.63, 3.8) is 0 Å². The maximum atomic E-state index is 5.36. The molecule has 1 aliphatic carbocycles. The minimum absolute atomic E-state index is 0.134. The van der Waals surface area contributed by atoms with Crippen LogP contribution in [0.25, 0.3) is 22.3 Å². The first-order chi connectivity index (χ1) is 20.0. The molecule has 41 heavy (non-hydrogen) atoms. The minimum atomic E-state index is -0.134. The van der Waals surface area contributed by atoms with Crippen LogP contribution in [0.5, 0.6) is 0 Å². The SMILES string of the molecule is C=CC(C)C1(C(C)C=C)c2ccccc2-c2cc(Cc3ccc(-c4ccccc4)cc3)ccc21.Nc1ccccc1. The van der Waals surface area contributed by atoms with Gasteiger partial charge in [-0.1, -0.05) is 141 Å². The van der Waals surface area contributed by atoms with Gasteiger partial charge >= 0.3 is 0 Å². The van der Waals surface area contributed by atoms with Gasteiger partial charge in [0.25, 0.3) is 0 Å². The molecule has 1 aliphatic rings. The predicted octanol–water partition coefficient (Wildman–Crippen LogP) is 10.1. The first-order valence-corrected chi connectivity index (χ1v) is 14.4. The number of para-hydroxylation sites is 1. The van der Waals surface area contributed by atoms with Crippen molar-refractivity contribution < 1.29 is 0 Å². The molecule has 0 amide bonds. The zero-order valence-electron chi connectivity index (χ0n) is 24.1. The van der Waals surface area contributed by atoms with E-state index in [-0.39, 0.29) is 5.41 Å². The topological polar surface area (TPSA) is 26.0 Å². The molecule has 0 radical (unpaired) electrons. The van der Waals surface area contributed by atoms with Gasteiger partial charge in [-0.15, -0.1) is 13.2 Å². The maximum Gasteiger partial charge on any atom is 0.0334 e. The number of nitrogen functional groups attached to an aromatic ring is 1. The minimum Gasteiger partial charge on any atom is -0.399 e. The van der Waals surface area contributed by atoms with E-state index < -0.39 is 0 Å². The third-order valence-corrected chi connectivity index (χ3v) is 8.61. The van der Waals surface area contributed by atoms with E-state index in [9.17, 15) is 0 Å². The molecule has 5 aromatic carbocycles. The van der Waals surface area contributed by atoms with Gasteiger partial charge < -0.3 is 5.73 Å². The molecule has 0 fully saturated rings. The Morgan fingerprint density at radius 2 is 1.10 bits per heavy atom. The van der Waals surface area contributed by atoms with Gasteiger partial charge in [-0.2, -0.15) is 0 Å². The molecule has 1 heteroatoms. The van der Waals surface area contributed by atoms with E-state index >= 15 is 0 Å². The molecule has 2 atom stereocenters. The third kappa shape index (κ3) is 5.41. The lowest BCUT2D eigenvalue weighted by Gasteiger charge is -2.41. The van der Waals surface area contributed by atoms with Crippen molar-refractivity contribution in [3.05, 3.63) is 175 Å². The molecule has 2 N–H and O–H groups in total. The zero-order chi connectivity index (χ0) is 28.8. The van der Waals surface area contributed by atoms with E-state index in [0.29, 0.717) is 11.8 Å². The zero-order valence-corrected chi connectivity index (χ0v) is 24.1. The van der Waals surface area contributed by atoms with Gasteiger partial charge in [-0.3, -0.25) is 0 Å². The number of allylic oxidation sites excluding steroid dienone is 2. The Kier molecular flexibility index (Phi) is 8.36. The second-order valence-corrected chi connectivity index (χ2v) is 11.0. The Labute approximate surface area is 245 Å². The summed E-state index contributed by atoms with van der Waals surface area (Å²) >= 11 is 0. The predicted molar refractivity (Wildman–Crippen MR) is 177 cm³/mol. The number of hydrogen-bond donors (Lipinski definition) is 1. The lowest BCUT2D eigenvalue weighted by molar-refractivity contribution is 0.333. The number of rotatable bonds is 7. The van der Waals surface area contributed by atoms with Crippen LogP contribution in [0.2, 0.25) is 0 Å². The molecular formula is C40H39N. The Balaban J connectivity index is 0.000000423. The lowest BCUT2D eigenvalue weighted by atomic mass is 9.62. The van der Waals surface area contributed by atoms with Crippen LogP contribution in [0.4, 0.5) is 5.69 Å². The van der Waals surface area contributed by atoms with Crippen LogP contribution in [0, 0.1) is 11.8 Å². The third-order valence-electron chi connectivity index (χ3n) is 8.61. The standard InChI is InChI=1S/C34H32.C6H7N/c1-5-24(3)34(25(4)6-2)32-15-11-10-14-30(32)31-23-27(18-21-33(31)34)22-26-16-19-29(20-17-26)28-12-8-7-9-13-28;7-6-4-2-1-3-5-6/h5-21,23-25H,1-2,22H2,3-4H3;1-5H,7H2. The number of hydrogen-bond acceptors (Lipinski definition) is 1. The molecule has 1 nitrogen and oxygen atoms in total. The van der Waals surface area contributed by atoms with E-state index in [0.717, 1.165) is 12.1 Å². The van der Waals surface area contributed by atoms with Crippen LogP contribution in [0.15, 0.2) is 153 Å². The lowest BCUT2D eigenvalue weighted by Crippen LogP contribution is -2.38. The highest BCUT2D eigenvalue weighted by atomic mass is 14.5. The van der Waals surface area contributed by atoms with Gasteiger partial charge in [0.2, 0.25) is 0 Å². The molecule has 2 unspecified atom stereocenters. The van der Waals surface area contributed by atoms with Crippen LogP contribution >= 0.6 is 0 Å². The van der Waals surface area contributed by atoms with Crippen LogP contribution in [-0.2, 0) is 11.8 Å². The maximum absolute atomic E-state index is 5.36. The first kappa shape index (κ1) is 27.9. The number of benzene rings is 5. The summed E-state index contributed by atoms with van der Waals surface area (Å²) in [7, 11) is 0. The molecule has 0 heterocycles. The van der Waals surface area contributed by atoms with Crippen LogP contribution in [-0.4, -0.2) is 0 Å². The first-order valence-electron chi connectivity index (χ1n) is 14.4. The summed E-state index contributed by atoms with van der Waals surface area (Å²) in [5.41, 5.74) is 16.7. The van der Waals surface area contributed by atoms with E-state index in [1.165, 1.54) is 44.5 Å². The summed E-state index contributed by atoms with van der Waals surface area (Å²) in [6, 6.07) is 45.0. The summed E-state index contributed by atoms with van der Waals surface area (Å²) in [4.78, 5) is 0. The largest absolute Gasteiger partial charge is 0.399 e. The van der Waals surface area contributed by atoms with E-state index in [4.69, 9.17) is 5.73 Å². The number of nitrogens with two attached hydrogens (primary N) is 1. The molecule has 204 valence electrons. The number of fused-ring (bicyclic) bond motifs is 3. The van der Waals surface area contributed by atoms with Crippen molar-refractivity contribution in [3.8, 4) is 22.3 Å². The molecule has 0 bridgehead atoms. The highest BCUT2D eigenvalue weighted by molar-refractivity contribution is 5.82. The van der Waals surface area contributed by atoms with Gasteiger partial charge in [0.15, 0.2) is 0 Å². The van der Waals surface area contributed by atoms with Gasteiger partial charge in [0, 0.05) is 11.1 Å². The van der Waals surface area contributed by atoms with Crippen LogP contribution < -0.4 is 5.73 Å². The normalized spacial score (nSPS) is 16.3. The smallest absolute Gasteiger partial charge is 0.0334 e. The van der Waals surface area contributed by atoms with Gasteiger partial charge in [-0.05, 0) is 74.9 Å². The van der Waals surface area contributed by atoms with Crippen molar-refractivity contribution in [2.75, 3.05) is 5.73 Å². The Morgan fingerprint density at radius 1 is 0.585 bits per heavy atom. The van der Waals surface area contributed by atoms with Gasteiger partial charge in [-0.25, -0.2) is 0 Å². The van der Waals surface area contributed by atoms with Crippen molar-refractivity contribution >= 4 is 5.69 Å². The van der Waals surface area contributed by atoms with Crippen molar-refractivity contribution in [2.45, 2.75) is 25.7 Å². The Hall–Kier alpha value is -4.62. The summed E-state index contributed by atoms with van der Waals surface area (Å²) in [6.45, 7) is 12.9. The molecule has 0 saturated carbocycles. The Morgan fingerprint density at radius 3 is 1.68 bits per heavy atom. The average Bonchev–Trinajstić information content (AvgIpc) is 3.32. The van der Waals surface area contributed by atoms with E-state index in [2.05, 4.69) is 136 Å². The summed E-state index contributed by atoms with van der Waals surface area (Å²) in [5.74, 6) is 0.582. The van der Waals surface area contributed by atoms with Crippen LogP contribution in [0.1, 0.15) is 36.1 Å². The highest BCUT2D eigenvalue weighted by Gasteiger charge is 2.48. The average molecular weight is 534 g/mol. The second-order valence-electron chi connectivity index (χ2n) is 11.0. The number of anilines is 1. The molecule has 6 rings (SSSR count). The monoisotopic (exact) mass is 533 g/mol. The Bertz CT molecular complexity index is 1600. The van der Waals surface area contributed by atoms with E-state index in [1.54, 1.807) is 0 Å². The van der Waals surface area contributed by atoms with Crippen molar-refractivity contribution in [1.29, 1.82) is 0 Å². The highest BCUT2D eigenvalue weighted by Crippen LogP contribution is 2.57. The van der Waals surface area contributed by atoms with Crippen LogP contribution in [0.3, 0.4) is 0 Å². The summed E-state index contributed by atoms with van der Waals surface area (Å²) in [5, 5.41) is 0. The van der Waals surface area contributed by atoms with Crippen molar-refractivity contribution in [2.24, 2.45) is 11.8 Å². The second kappa shape index (κ2) is 12.3. The summed E-state index contributed by atoms with van der Waals surface area (Å²) in [6.07, 6.45) is 5.13. The van der Waals surface area contributed by atoms with Crippen molar-refractivity contribution in [1.82, 2.24) is 0 Å². The molecule has 5 aromatic rings. The fourth-order valence-electron chi connectivity index (χ4n) is 6.41. The molecular weight excluding hydrogens is 494 g/mol. The fraction of sp³-hybridized carbons (Fsp3) is 0.150. The molecule has 0 aromatic heterocycles.